The summed E-state index contributed by atoms with van der Waals surface area (Å²) in [6.07, 6.45) is 4.42. The van der Waals surface area contributed by atoms with Crippen molar-refractivity contribution in [3.05, 3.63) is 42.6 Å². The number of para-hydroxylation sites is 1. The molecule has 72 valence electrons. The number of ether oxygens (including phenoxy) is 1. The van der Waals surface area contributed by atoms with Crippen molar-refractivity contribution in [3.63, 3.8) is 0 Å². The summed E-state index contributed by atoms with van der Waals surface area (Å²) in [6.45, 7) is 0. The second-order valence-corrected chi connectivity index (χ2v) is 3.50. The molecule has 14 heavy (non-hydrogen) atoms. The number of halogens is 1. The zero-order valence-corrected chi connectivity index (χ0v) is 8.32. The van der Waals surface area contributed by atoms with Gasteiger partial charge in [0.2, 0.25) is 5.90 Å². The lowest BCUT2D eigenvalue weighted by molar-refractivity contribution is 0.531. The number of hydrogen-bond donors (Lipinski definition) is 0. The molecule has 0 bridgehead atoms. The highest BCUT2D eigenvalue weighted by atomic mass is 35.5. The highest BCUT2D eigenvalue weighted by Gasteiger charge is 2.15. The minimum Gasteiger partial charge on any atom is -0.441 e. The van der Waals surface area contributed by atoms with Crippen LogP contribution in [-0.2, 0) is 0 Å². The summed E-state index contributed by atoms with van der Waals surface area (Å²) >= 11 is 6.03. The fourth-order valence-electron chi connectivity index (χ4n) is 1.19. The molecule has 0 N–H and O–H groups in total. The van der Waals surface area contributed by atoms with E-state index in [4.69, 9.17) is 16.3 Å². The normalized spacial score (nSPS) is 20.4. The molecule has 0 spiro atoms. The number of benzene rings is 1. The van der Waals surface area contributed by atoms with E-state index < -0.39 is 0 Å². The van der Waals surface area contributed by atoms with Gasteiger partial charge < -0.3 is 4.74 Å². The third kappa shape index (κ3) is 2.15. The van der Waals surface area contributed by atoms with Crippen LogP contribution < -0.4 is 4.74 Å². The van der Waals surface area contributed by atoms with Crippen LogP contribution in [0.25, 0.3) is 0 Å². The largest absolute Gasteiger partial charge is 0.441 e. The van der Waals surface area contributed by atoms with E-state index in [-0.39, 0.29) is 5.38 Å². The van der Waals surface area contributed by atoms with Gasteiger partial charge in [0.05, 0.1) is 0 Å². The molecular formula is C11H10ClNO. The Morgan fingerprint density at radius 2 is 2.07 bits per heavy atom. The summed E-state index contributed by atoms with van der Waals surface area (Å²) < 4.78 is 5.53. The first kappa shape index (κ1) is 9.28. The molecule has 1 aromatic rings. The van der Waals surface area contributed by atoms with E-state index in [2.05, 4.69) is 4.99 Å². The second kappa shape index (κ2) is 4.29. The van der Waals surface area contributed by atoms with Crippen molar-refractivity contribution in [2.75, 3.05) is 0 Å². The molecule has 1 aliphatic rings. The lowest BCUT2D eigenvalue weighted by Crippen LogP contribution is -2.22. The van der Waals surface area contributed by atoms with E-state index in [0.29, 0.717) is 5.90 Å². The summed E-state index contributed by atoms with van der Waals surface area (Å²) in [7, 11) is 0. The van der Waals surface area contributed by atoms with Crippen molar-refractivity contribution in [2.24, 2.45) is 4.99 Å². The lowest BCUT2D eigenvalue weighted by Gasteiger charge is -2.14. The summed E-state index contributed by atoms with van der Waals surface area (Å²) in [5.41, 5.74) is 0. The van der Waals surface area contributed by atoms with E-state index in [9.17, 15) is 0 Å². The molecule has 1 heterocycles. The zero-order chi connectivity index (χ0) is 9.80. The Bertz CT molecular complexity index is 359. The van der Waals surface area contributed by atoms with Crippen LogP contribution in [0.4, 0.5) is 0 Å². The van der Waals surface area contributed by atoms with Gasteiger partial charge in [0, 0.05) is 6.20 Å². The lowest BCUT2D eigenvalue weighted by atomic mass is 10.2. The maximum absolute atomic E-state index is 6.03. The Kier molecular flexibility index (Phi) is 2.84. The van der Waals surface area contributed by atoms with Gasteiger partial charge in [-0.3, -0.25) is 0 Å². The average Bonchev–Trinajstić information content (AvgIpc) is 2.23. The number of alkyl halides is 1. The number of hydrogen-bond acceptors (Lipinski definition) is 2. The molecule has 0 radical (unpaired) electrons. The first-order valence-electron chi connectivity index (χ1n) is 4.46. The number of nitrogens with zero attached hydrogens (tertiary/aromatic N) is 1. The first-order valence-corrected chi connectivity index (χ1v) is 4.89. The molecule has 0 saturated heterocycles. The number of allylic oxidation sites excluding steroid dienone is 1. The van der Waals surface area contributed by atoms with Gasteiger partial charge in [0.25, 0.3) is 0 Å². The van der Waals surface area contributed by atoms with Gasteiger partial charge in [0.15, 0.2) is 0 Å². The average molecular weight is 208 g/mol. The first-order chi connectivity index (χ1) is 6.86. The highest BCUT2D eigenvalue weighted by Crippen LogP contribution is 2.16. The molecule has 2 rings (SSSR count). The van der Waals surface area contributed by atoms with E-state index >= 15 is 0 Å². The summed E-state index contributed by atoms with van der Waals surface area (Å²) in [4.78, 5) is 4.09. The maximum atomic E-state index is 6.03. The molecule has 0 saturated carbocycles. The molecule has 3 heteroatoms. The van der Waals surface area contributed by atoms with Crippen molar-refractivity contribution < 1.29 is 4.74 Å². The van der Waals surface area contributed by atoms with Gasteiger partial charge >= 0.3 is 0 Å². The predicted molar refractivity (Wildman–Crippen MR) is 57.9 cm³/mol. The summed E-state index contributed by atoms with van der Waals surface area (Å²) in [5, 5.41) is -0.153. The summed E-state index contributed by atoms with van der Waals surface area (Å²) in [5.74, 6) is 1.34. The molecule has 1 unspecified atom stereocenters. The molecule has 1 atom stereocenters. The fraction of sp³-hybridized carbons (Fsp3) is 0.182. The third-order valence-electron chi connectivity index (χ3n) is 1.88. The van der Waals surface area contributed by atoms with Crippen LogP contribution in [0.2, 0.25) is 0 Å². The van der Waals surface area contributed by atoms with Crippen LogP contribution in [-0.4, -0.2) is 11.3 Å². The number of aliphatic imine (C=N–C) groups is 1. The molecule has 0 aromatic heterocycles. The Morgan fingerprint density at radius 3 is 2.79 bits per heavy atom. The van der Waals surface area contributed by atoms with Crippen LogP contribution in [0.5, 0.6) is 5.75 Å². The van der Waals surface area contributed by atoms with Crippen LogP contribution in [0.3, 0.4) is 0 Å². The van der Waals surface area contributed by atoms with E-state index in [1.165, 1.54) is 0 Å². The van der Waals surface area contributed by atoms with Gasteiger partial charge in [0.1, 0.15) is 11.1 Å². The monoisotopic (exact) mass is 207 g/mol. The quantitative estimate of drug-likeness (QED) is 0.649. The van der Waals surface area contributed by atoms with Gasteiger partial charge in [-0.25, -0.2) is 4.99 Å². The van der Waals surface area contributed by atoms with Gasteiger partial charge in [-0.2, -0.15) is 0 Å². The maximum Gasteiger partial charge on any atom is 0.213 e. The molecule has 2 nitrogen and oxygen atoms in total. The Hall–Kier alpha value is -1.28. The Morgan fingerprint density at radius 1 is 1.29 bits per heavy atom. The number of rotatable bonds is 1. The molecular weight excluding hydrogens is 198 g/mol. The third-order valence-corrected chi connectivity index (χ3v) is 2.25. The molecule has 1 aromatic carbocycles. The van der Waals surface area contributed by atoms with Crippen molar-refractivity contribution >= 4 is 17.5 Å². The van der Waals surface area contributed by atoms with E-state index in [0.717, 1.165) is 12.2 Å². The van der Waals surface area contributed by atoms with Gasteiger partial charge in [-0.1, -0.05) is 24.3 Å². The smallest absolute Gasteiger partial charge is 0.213 e. The van der Waals surface area contributed by atoms with Crippen molar-refractivity contribution in [1.29, 1.82) is 0 Å². The Labute approximate surface area is 87.9 Å². The predicted octanol–water partition coefficient (Wildman–Crippen LogP) is 2.99. The van der Waals surface area contributed by atoms with Crippen LogP contribution >= 0.6 is 11.6 Å². The van der Waals surface area contributed by atoms with Crippen LogP contribution in [0.15, 0.2) is 47.6 Å². The molecule has 0 aliphatic carbocycles. The second-order valence-electron chi connectivity index (χ2n) is 2.97. The summed E-state index contributed by atoms with van der Waals surface area (Å²) in [6, 6.07) is 9.53. The van der Waals surface area contributed by atoms with Gasteiger partial charge in [-0.05, 0) is 18.6 Å². The van der Waals surface area contributed by atoms with Crippen molar-refractivity contribution in [3.8, 4) is 5.75 Å². The molecule has 0 fully saturated rings. The minimum absolute atomic E-state index is 0.153. The van der Waals surface area contributed by atoms with Crippen molar-refractivity contribution in [2.45, 2.75) is 11.8 Å². The van der Waals surface area contributed by atoms with Crippen LogP contribution in [0.1, 0.15) is 6.42 Å². The van der Waals surface area contributed by atoms with Gasteiger partial charge in [-0.15, -0.1) is 11.6 Å². The molecule has 0 amide bonds. The standard InChI is InChI=1S/C11H10ClNO/c12-10-7-4-8-13-11(10)14-9-5-2-1-3-6-9/h1-6,8,10H,7H2. The Balaban J connectivity index is 2.11. The zero-order valence-electron chi connectivity index (χ0n) is 7.56. The minimum atomic E-state index is -0.153. The van der Waals surface area contributed by atoms with E-state index in [1.54, 1.807) is 6.20 Å². The van der Waals surface area contributed by atoms with E-state index in [1.807, 2.05) is 36.4 Å². The van der Waals surface area contributed by atoms with Crippen molar-refractivity contribution in [1.82, 2.24) is 0 Å². The SMILES string of the molecule is ClC1CC=CN=C1Oc1ccccc1. The topological polar surface area (TPSA) is 21.6 Å². The highest BCUT2D eigenvalue weighted by molar-refractivity contribution is 6.31. The fourth-order valence-corrected chi connectivity index (χ4v) is 1.39. The molecule has 1 aliphatic heterocycles. The van der Waals surface area contributed by atoms with Crippen LogP contribution in [0, 0.1) is 0 Å².